The van der Waals surface area contributed by atoms with Crippen LogP contribution in [0.25, 0.3) is 5.65 Å². The summed E-state index contributed by atoms with van der Waals surface area (Å²) in [6, 6.07) is 5.30. The summed E-state index contributed by atoms with van der Waals surface area (Å²) in [5.41, 5.74) is 0.553. The van der Waals surface area contributed by atoms with Gasteiger partial charge < -0.3 is 19.8 Å². The van der Waals surface area contributed by atoms with Crippen LogP contribution in [-0.2, 0) is 9.53 Å². The first-order chi connectivity index (χ1) is 12.1. The predicted octanol–water partition coefficient (Wildman–Crippen LogP) is 1.32. The van der Waals surface area contributed by atoms with Gasteiger partial charge in [-0.3, -0.25) is 9.69 Å². The van der Waals surface area contributed by atoms with Crippen molar-refractivity contribution in [3.8, 4) is 0 Å². The maximum Gasteiger partial charge on any atom is 0.372 e. The fourth-order valence-corrected chi connectivity index (χ4v) is 3.08. The van der Waals surface area contributed by atoms with Gasteiger partial charge in [0.05, 0.1) is 19.3 Å². The van der Waals surface area contributed by atoms with E-state index in [1.54, 1.807) is 31.3 Å². The Balaban J connectivity index is 1.79. The van der Waals surface area contributed by atoms with Crippen LogP contribution in [0, 0.1) is 10.1 Å². The number of carbonyl (C=O) groups is 1. The summed E-state index contributed by atoms with van der Waals surface area (Å²) in [6.07, 6.45) is 2.44. The van der Waals surface area contributed by atoms with Crippen LogP contribution < -0.4 is 4.90 Å². The Kier molecular flexibility index (Phi) is 5.13. The number of rotatable bonds is 5. The molecule has 0 spiro atoms. The molecule has 0 atom stereocenters. The monoisotopic (exact) mass is 347 g/mol. The first-order valence-electron chi connectivity index (χ1n) is 8.34. The molecular weight excluding hydrogens is 326 g/mol. The average molecular weight is 347 g/mol. The number of nitro groups is 1. The van der Waals surface area contributed by atoms with E-state index in [4.69, 9.17) is 4.74 Å². The Morgan fingerprint density at radius 3 is 2.92 bits per heavy atom. The van der Waals surface area contributed by atoms with Gasteiger partial charge in [0.15, 0.2) is 0 Å². The number of ether oxygens (including phenoxy) is 1. The molecule has 1 aliphatic heterocycles. The van der Waals surface area contributed by atoms with Gasteiger partial charge in [0.1, 0.15) is 0 Å². The van der Waals surface area contributed by atoms with Crippen molar-refractivity contribution in [1.29, 1.82) is 0 Å². The molecule has 0 bridgehead atoms. The van der Waals surface area contributed by atoms with Gasteiger partial charge in [0.2, 0.25) is 11.5 Å². The highest BCUT2D eigenvalue weighted by molar-refractivity contribution is 5.71. The third-order valence-electron chi connectivity index (χ3n) is 4.21. The Morgan fingerprint density at radius 2 is 2.16 bits per heavy atom. The lowest BCUT2D eigenvalue weighted by molar-refractivity contribution is -0.389. The maximum atomic E-state index is 11.7. The number of esters is 1. The van der Waals surface area contributed by atoms with Crippen molar-refractivity contribution in [2.24, 2.45) is 0 Å². The second-order valence-electron chi connectivity index (χ2n) is 5.87. The van der Waals surface area contributed by atoms with Crippen molar-refractivity contribution in [2.45, 2.75) is 13.3 Å². The van der Waals surface area contributed by atoms with E-state index in [-0.39, 0.29) is 18.3 Å². The van der Waals surface area contributed by atoms with Crippen LogP contribution in [0.4, 0.5) is 11.6 Å². The van der Waals surface area contributed by atoms with Crippen LogP contribution in [0.5, 0.6) is 0 Å². The molecule has 0 radical (unpaired) electrons. The van der Waals surface area contributed by atoms with Gasteiger partial charge in [0, 0.05) is 32.2 Å². The molecule has 134 valence electrons. The van der Waals surface area contributed by atoms with Crippen LogP contribution in [-0.4, -0.2) is 64.5 Å². The number of carbonyl (C=O) groups excluding carboxylic acids is 1. The SMILES string of the molecule is CCOC(=O)CN1CCCN(c2nc3ccccn3c2[N+](=O)[O-])CC1. The van der Waals surface area contributed by atoms with Crippen molar-refractivity contribution in [2.75, 3.05) is 44.2 Å². The molecule has 0 aliphatic carbocycles. The number of hydrogen-bond donors (Lipinski definition) is 0. The summed E-state index contributed by atoms with van der Waals surface area (Å²) < 4.78 is 6.48. The normalized spacial score (nSPS) is 16.0. The predicted molar refractivity (Wildman–Crippen MR) is 91.7 cm³/mol. The molecule has 2 aromatic rings. The molecule has 9 heteroatoms. The minimum Gasteiger partial charge on any atom is -0.465 e. The van der Waals surface area contributed by atoms with E-state index in [9.17, 15) is 14.9 Å². The van der Waals surface area contributed by atoms with E-state index >= 15 is 0 Å². The van der Waals surface area contributed by atoms with E-state index < -0.39 is 4.92 Å². The van der Waals surface area contributed by atoms with Crippen LogP contribution in [0.1, 0.15) is 13.3 Å². The number of fused-ring (bicyclic) bond motifs is 1. The Bertz CT molecular complexity index is 775. The first-order valence-corrected chi connectivity index (χ1v) is 8.34. The molecule has 0 amide bonds. The third-order valence-corrected chi connectivity index (χ3v) is 4.21. The molecule has 9 nitrogen and oxygen atoms in total. The highest BCUT2D eigenvalue weighted by atomic mass is 16.6. The lowest BCUT2D eigenvalue weighted by Crippen LogP contribution is -2.35. The number of aromatic nitrogens is 2. The molecule has 3 heterocycles. The molecule has 0 saturated carbocycles. The highest BCUT2D eigenvalue weighted by Gasteiger charge is 2.28. The van der Waals surface area contributed by atoms with Crippen LogP contribution in [0.15, 0.2) is 24.4 Å². The van der Waals surface area contributed by atoms with Crippen molar-refractivity contribution < 1.29 is 14.5 Å². The topological polar surface area (TPSA) is 93.2 Å². The molecule has 1 saturated heterocycles. The zero-order valence-electron chi connectivity index (χ0n) is 14.1. The minimum absolute atomic E-state index is 0.0190. The standard InChI is InChI=1S/C16H21N5O4/c1-2-25-14(22)12-18-7-5-8-19(11-10-18)15-16(21(23)24)20-9-4-3-6-13(20)17-15/h3-4,6,9H,2,5,7-8,10-12H2,1H3. The lowest BCUT2D eigenvalue weighted by Gasteiger charge is -2.20. The molecule has 0 unspecified atom stereocenters. The van der Waals surface area contributed by atoms with Gasteiger partial charge in [0.25, 0.3) is 0 Å². The summed E-state index contributed by atoms with van der Waals surface area (Å²) >= 11 is 0. The number of hydrogen-bond acceptors (Lipinski definition) is 7. The third kappa shape index (κ3) is 3.71. The summed E-state index contributed by atoms with van der Waals surface area (Å²) in [7, 11) is 0. The zero-order chi connectivity index (χ0) is 17.8. The molecule has 0 aromatic carbocycles. The van der Waals surface area contributed by atoms with Gasteiger partial charge in [-0.1, -0.05) is 6.07 Å². The van der Waals surface area contributed by atoms with Crippen molar-refractivity contribution in [1.82, 2.24) is 14.3 Å². The van der Waals surface area contributed by atoms with Gasteiger partial charge in [-0.25, -0.2) is 0 Å². The molecule has 1 aliphatic rings. The van der Waals surface area contributed by atoms with Gasteiger partial charge >= 0.3 is 11.8 Å². The molecule has 25 heavy (non-hydrogen) atoms. The second kappa shape index (κ2) is 7.47. The molecule has 3 rings (SSSR count). The molecule has 1 fully saturated rings. The summed E-state index contributed by atoms with van der Waals surface area (Å²) in [4.78, 5) is 31.2. The van der Waals surface area contributed by atoms with Crippen molar-refractivity contribution >= 4 is 23.3 Å². The average Bonchev–Trinajstić information content (AvgIpc) is 2.82. The van der Waals surface area contributed by atoms with Crippen molar-refractivity contribution in [3.05, 3.63) is 34.5 Å². The molecule has 2 aromatic heterocycles. The Labute approximate surface area is 144 Å². The van der Waals surface area contributed by atoms with Gasteiger partial charge in [-0.15, -0.1) is 0 Å². The van der Waals surface area contributed by atoms with Crippen LogP contribution >= 0.6 is 0 Å². The smallest absolute Gasteiger partial charge is 0.372 e. The molecule has 0 N–H and O–H groups in total. The zero-order valence-corrected chi connectivity index (χ0v) is 14.1. The largest absolute Gasteiger partial charge is 0.465 e. The van der Waals surface area contributed by atoms with Crippen LogP contribution in [0.3, 0.4) is 0 Å². The van der Waals surface area contributed by atoms with Crippen molar-refractivity contribution in [3.63, 3.8) is 0 Å². The van der Waals surface area contributed by atoms with Gasteiger partial charge in [-0.2, -0.15) is 9.38 Å². The summed E-state index contributed by atoms with van der Waals surface area (Å²) in [5, 5.41) is 11.6. The highest BCUT2D eigenvalue weighted by Crippen LogP contribution is 2.29. The molecular formula is C16H21N5O4. The van der Waals surface area contributed by atoms with E-state index in [1.165, 1.54) is 4.40 Å². The fourth-order valence-electron chi connectivity index (χ4n) is 3.08. The first kappa shape index (κ1) is 17.2. The van der Waals surface area contributed by atoms with Gasteiger partial charge in [-0.05, 0) is 24.3 Å². The maximum absolute atomic E-state index is 11.7. The van der Waals surface area contributed by atoms with E-state index in [1.807, 2.05) is 9.80 Å². The fraction of sp³-hybridized carbons (Fsp3) is 0.500. The Hall–Kier alpha value is -2.68. The second-order valence-corrected chi connectivity index (χ2v) is 5.87. The lowest BCUT2D eigenvalue weighted by atomic mass is 10.4. The summed E-state index contributed by atoms with van der Waals surface area (Å²) in [5.74, 6) is 0.123. The minimum atomic E-state index is -0.392. The quantitative estimate of drug-likeness (QED) is 0.457. The van der Waals surface area contributed by atoms with Crippen LogP contribution in [0.2, 0.25) is 0 Å². The number of nitrogens with zero attached hydrogens (tertiary/aromatic N) is 5. The summed E-state index contributed by atoms with van der Waals surface area (Å²) in [6.45, 7) is 5.00. The van der Waals surface area contributed by atoms with E-state index in [0.29, 0.717) is 37.7 Å². The number of imidazole rings is 1. The van der Waals surface area contributed by atoms with E-state index in [0.717, 1.165) is 13.0 Å². The van der Waals surface area contributed by atoms with E-state index in [2.05, 4.69) is 4.98 Å². The Morgan fingerprint density at radius 1 is 1.32 bits per heavy atom. The number of anilines is 1. The number of pyridine rings is 1.